The van der Waals surface area contributed by atoms with Crippen molar-refractivity contribution in [1.82, 2.24) is 4.98 Å². The lowest BCUT2D eigenvalue weighted by molar-refractivity contribution is -0.117. The van der Waals surface area contributed by atoms with E-state index >= 15 is 0 Å². The molecule has 90 valence electrons. The van der Waals surface area contributed by atoms with Gasteiger partial charge in [0.2, 0.25) is 5.91 Å². The molecule has 0 radical (unpaired) electrons. The van der Waals surface area contributed by atoms with Gasteiger partial charge in [0, 0.05) is 10.8 Å². The molecular weight excluding hydrogens is 222 g/mol. The van der Waals surface area contributed by atoms with Crippen molar-refractivity contribution in [3.8, 4) is 0 Å². The largest absolute Gasteiger partial charge is 0.320 e. The summed E-state index contributed by atoms with van der Waals surface area (Å²) in [4.78, 5) is 15.9. The standard InChI is InChI=1S/C11H19N3OS/c1-5-7(12)9(15)14-10-13-8(6-16-10)11(2,3)4/h6-7H,5,12H2,1-4H3,(H,13,14,15)/t7-/m1/s1. The third-order valence-electron chi connectivity index (χ3n) is 2.28. The lowest BCUT2D eigenvalue weighted by Gasteiger charge is -2.14. The van der Waals surface area contributed by atoms with Gasteiger partial charge in [0.05, 0.1) is 11.7 Å². The van der Waals surface area contributed by atoms with E-state index in [0.29, 0.717) is 11.6 Å². The Kier molecular flexibility index (Phi) is 4.04. The Balaban J connectivity index is 2.70. The highest BCUT2D eigenvalue weighted by molar-refractivity contribution is 7.13. The second-order valence-electron chi connectivity index (χ2n) is 4.79. The number of rotatable bonds is 3. The van der Waals surface area contributed by atoms with Crippen molar-refractivity contribution in [2.75, 3.05) is 5.32 Å². The van der Waals surface area contributed by atoms with Crippen LogP contribution in [0.3, 0.4) is 0 Å². The molecule has 1 heterocycles. The summed E-state index contributed by atoms with van der Waals surface area (Å²) in [5.41, 5.74) is 6.61. The molecule has 1 rings (SSSR count). The summed E-state index contributed by atoms with van der Waals surface area (Å²) in [7, 11) is 0. The Morgan fingerprint density at radius 2 is 2.25 bits per heavy atom. The third-order valence-corrected chi connectivity index (χ3v) is 3.04. The van der Waals surface area contributed by atoms with Crippen LogP contribution in [0.1, 0.15) is 39.8 Å². The first kappa shape index (κ1) is 13.1. The summed E-state index contributed by atoms with van der Waals surface area (Å²) in [5, 5.41) is 5.32. The van der Waals surface area contributed by atoms with E-state index in [2.05, 4.69) is 31.1 Å². The molecule has 5 heteroatoms. The Labute approximate surface area is 100 Å². The molecule has 1 atom stereocenters. The van der Waals surface area contributed by atoms with Crippen LogP contribution >= 0.6 is 11.3 Å². The van der Waals surface area contributed by atoms with Crippen LogP contribution in [0.4, 0.5) is 5.13 Å². The number of carbonyl (C=O) groups excluding carboxylic acids is 1. The number of amides is 1. The first-order valence-corrected chi connectivity index (χ1v) is 6.25. The van der Waals surface area contributed by atoms with Crippen molar-refractivity contribution < 1.29 is 4.79 Å². The molecule has 4 nitrogen and oxygen atoms in total. The second-order valence-corrected chi connectivity index (χ2v) is 5.65. The van der Waals surface area contributed by atoms with Gasteiger partial charge in [0.1, 0.15) is 0 Å². The number of carbonyl (C=O) groups is 1. The van der Waals surface area contributed by atoms with Crippen molar-refractivity contribution >= 4 is 22.4 Å². The summed E-state index contributed by atoms with van der Waals surface area (Å²) in [6.45, 7) is 8.15. The number of nitrogens with two attached hydrogens (primary N) is 1. The van der Waals surface area contributed by atoms with Gasteiger partial charge >= 0.3 is 0 Å². The van der Waals surface area contributed by atoms with Crippen molar-refractivity contribution in [2.24, 2.45) is 5.73 Å². The fourth-order valence-electron chi connectivity index (χ4n) is 1.06. The second kappa shape index (κ2) is 4.93. The molecule has 0 aliphatic carbocycles. The average Bonchev–Trinajstić information content (AvgIpc) is 2.64. The fraction of sp³-hybridized carbons (Fsp3) is 0.636. The van der Waals surface area contributed by atoms with E-state index in [0.717, 1.165) is 5.69 Å². The van der Waals surface area contributed by atoms with Crippen molar-refractivity contribution in [2.45, 2.75) is 45.6 Å². The summed E-state index contributed by atoms with van der Waals surface area (Å²) < 4.78 is 0. The zero-order chi connectivity index (χ0) is 12.3. The Bertz CT molecular complexity index is 368. The van der Waals surface area contributed by atoms with Gasteiger partial charge in [-0.05, 0) is 6.42 Å². The van der Waals surface area contributed by atoms with E-state index in [1.165, 1.54) is 11.3 Å². The van der Waals surface area contributed by atoms with E-state index in [1.807, 2.05) is 12.3 Å². The number of hydrogen-bond acceptors (Lipinski definition) is 4. The molecule has 0 fully saturated rings. The Morgan fingerprint density at radius 1 is 1.62 bits per heavy atom. The number of nitrogens with zero attached hydrogens (tertiary/aromatic N) is 1. The Morgan fingerprint density at radius 3 is 2.69 bits per heavy atom. The molecule has 16 heavy (non-hydrogen) atoms. The minimum atomic E-state index is -0.456. The van der Waals surface area contributed by atoms with E-state index in [4.69, 9.17) is 5.73 Å². The van der Waals surface area contributed by atoms with Crippen LogP contribution in [0.25, 0.3) is 0 Å². The normalized spacial score (nSPS) is 13.6. The van der Waals surface area contributed by atoms with E-state index < -0.39 is 6.04 Å². The monoisotopic (exact) mass is 241 g/mol. The predicted molar refractivity (Wildman–Crippen MR) is 67.7 cm³/mol. The van der Waals surface area contributed by atoms with Gasteiger partial charge in [-0.25, -0.2) is 4.98 Å². The maximum Gasteiger partial charge on any atom is 0.243 e. The van der Waals surface area contributed by atoms with Gasteiger partial charge in [-0.15, -0.1) is 11.3 Å². The maximum atomic E-state index is 11.5. The highest BCUT2D eigenvalue weighted by atomic mass is 32.1. The lowest BCUT2D eigenvalue weighted by atomic mass is 9.93. The van der Waals surface area contributed by atoms with E-state index in [-0.39, 0.29) is 11.3 Å². The lowest BCUT2D eigenvalue weighted by Crippen LogP contribution is -2.34. The van der Waals surface area contributed by atoms with Crippen LogP contribution in [-0.4, -0.2) is 16.9 Å². The summed E-state index contributed by atoms with van der Waals surface area (Å²) in [6.07, 6.45) is 0.628. The minimum Gasteiger partial charge on any atom is -0.320 e. The van der Waals surface area contributed by atoms with Gasteiger partial charge in [0.25, 0.3) is 0 Å². The van der Waals surface area contributed by atoms with Crippen molar-refractivity contribution in [3.63, 3.8) is 0 Å². The smallest absolute Gasteiger partial charge is 0.243 e. The fourth-order valence-corrected chi connectivity index (χ4v) is 2.00. The molecule has 1 aromatic rings. The number of hydrogen-bond donors (Lipinski definition) is 2. The molecule has 1 amide bonds. The van der Waals surface area contributed by atoms with Crippen LogP contribution < -0.4 is 11.1 Å². The van der Waals surface area contributed by atoms with Gasteiger partial charge in [-0.3, -0.25) is 4.79 Å². The van der Waals surface area contributed by atoms with Gasteiger partial charge < -0.3 is 11.1 Å². The highest BCUT2D eigenvalue weighted by Crippen LogP contribution is 2.26. The number of thiazole rings is 1. The zero-order valence-corrected chi connectivity index (χ0v) is 11.0. The molecule has 0 aromatic carbocycles. The molecule has 0 bridgehead atoms. The van der Waals surface area contributed by atoms with Crippen LogP contribution in [0.15, 0.2) is 5.38 Å². The molecule has 0 spiro atoms. The van der Waals surface area contributed by atoms with Crippen LogP contribution in [0.2, 0.25) is 0 Å². The molecule has 0 unspecified atom stereocenters. The van der Waals surface area contributed by atoms with Crippen molar-refractivity contribution in [3.05, 3.63) is 11.1 Å². The highest BCUT2D eigenvalue weighted by Gasteiger charge is 2.19. The van der Waals surface area contributed by atoms with Crippen molar-refractivity contribution in [1.29, 1.82) is 0 Å². The number of nitrogens with one attached hydrogen (secondary N) is 1. The van der Waals surface area contributed by atoms with Gasteiger partial charge in [-0.1, -0.05) is 27.7 Å². The molecule has 0 saturated carbocycles. The molecule has 0 aliphatic rings. The van der Waals surface area contributed by atoms with Crippen LogP contribution in [0.5, 0.6) is 0 Å². The number of anilines is 1. The number of aromatic nitrogens is 1. The average molecular weight is 241 g/mol. The molecule has 0 aliphatic heterocycles. The SMILES string of the molecule is CC[C@@H](N)C(=O)Nc1nc(C(C)(C)C)cs1. The summed E-state index contributed by atoms with van der Waals surface area (Å²) in [6, 6.07) is -0.456. The zero-order valence-electron chi connectivity index (χ0n) is 10.2. The van der Waals surface area contributed by atoms with E-state index in [1.54, 1.807) is 0 Å². The third kappa shape index (κ3) is 3.28. The topological polar surface area (TPSA) is 68.0 Å². The maximum absolute atomic E-state index is 11.5. The molecule has 3 N–H and O–H groups in total. The first-order valence-electron chi connectivity index (χ1n) is 5.37. The van der Waals surface area contributed by atoms with Gasteiger partial charge in [0.15, 0.2) is 5.13 Å². The summed E-state index contributed by atoms with van der Waals surface area (Å²) in [5.74, 6) is -0.169. The van der Waals surface area contributed by atoms with Gasteiger partial charge in [-0.2, -0.15) is 0 Å². The molecule has 0 saturated heterocycles. The minimum absolute atomic E-state index is 0.00630. The quantitative estimate of drug-likeness (QED) is 0.851. The summed E-state index contributed by atoms with van der Waals surface area (Å²) >= 11 is 1.43. The Hall–Kier alpha value is -0.940. The van der Waals surface area contributed by atoms with Crippen LogP contribution in [-0.2, 0) is 10.2 Å². The predicted octanol–water partition coefficient (Wildman–Crippen LogP) is 2.12. The van der Waals surface area contributed by atoms with Crippen LogP contribution in [0, 0.1) is 0 Å². The molecular formula is C11H19N3OS. The molecule has 1 aromatic heterocycles. The first-order chi connectivity index (χ1) is 7.34. The van der Waals surface area contributed by atoms with E-state index in [9.17, 15) is 4.79 Å².